The predicted molar refractivity (Wildman–Crippen MR) is 115 cm³/mol. The number of aromatic amines is 1. The van der Waals surface area contributed by atoms with Crippen LogP contribution in [0.2, 0.25) is 5.02 Å². The highest BCUT2D eigenvalue weighted by Gasteiger charge is 2.35. The maximum atomic E-state index is 13.5. The van der Waals surface area contributed by atoms with E-state index >= 15 is 0 Å². The Kier molecular flexibility index (Phi) is 6.35. The highest BCUT2D eigenvalue weighted by atomic mass is 35.5. The summed E-state index contributed by atoms with van der Waals surface area (Å²) in [6, 6.07) is 9.27. The van der Waals surface area contributed by atoms with Crippen LogP contribution >= 0.6 is 11.6 Å². The third-order valence-electron chi connectivity index (χ3n) is 5.74. The van der Waals surface area contributed by atoms with E-state index in [0.29, 0.717) is 37.6 Å². The van der Waals surface area contributed by atoms with E-state index in [-0.39, 0.29) is 17.4 Å². The molecule has 5 nitrogen and oxygen atoms in total. The zero-order valence-electron chi connectivity index (χ0n) is 17.3. The molecular formula is C23H22ClF3N2O3. The van der Waals surface area contributed by atoms with Crippen molar-refractivity contribution < 1.29 is 27.4 Å². The van der Waals surface area contributed by atoms with Gasteiger partial charge < -0.3 is 19.4 Å². The van der Waals surface area contributed by atoms with E-state index in [1.807, 2.05) is 12.1 Å². The maximum Gasteiger partial charge on any atom is 0.417 e. The Morgan fingerprint density at radius 2 is 1.97 bits per heavy atom. The van der Waals surface area contributed by atoms with Crippen molar-refractivity contribution >= 4 is 28.4 Å². The fraction of sp³-hybridized carbons (Fsp3) is 0.348. The summed E-state index contributed by atoms with van der Waals surface area (Å²) in [6.45, 7) is 1.81. The third kappa shape index (κ3) is 4.56. The van der Waals surface area contributed by atoms with E-state index in [1.165, 1.54) is 6.07 Å². The van der Waals surface area contributed by atoms with Crippen molar-refractivity contribution in [1.29, 1.82) is 0 Å². The van der Waals surface area contributed by atoms with Crippen molar-refractivity contribution in [3.8, 4) is 5.75 Å². The van der Waals surface area contributed by atoms with Crippen LogP contribution in [0.25, 0.3) is 10.9 Å². The lowest BCUT2D eigenvalue weighted by atomic mass is 9.86. The molecular weight excluding hydrogens is 445 g/mol. The molecule has 1 atom stereocenters. The summed E-state index contributed by atoms with van der Waals surface area (Å²) < 4.78 is 51.3. The van der Waals surface area contributed by atoms with Crippen LogP contribution in [0, 0.1) is 0 Å². The van der Waals surface area contributed by atoms with Crippen LogP contribution in [0.5, 0.6) is 5.75 Å². The standard InChI is InChI=1S/C23H22ClF3N2O3/c1-31-15-3-5-21-17(11-15)18(13-28-21)16(12-22(30)29-6-8-32-9-7-29)14-2-4-20(24)19(10-14)23(25,26)27/h2-5,10-11,13,16,28H,6-9,12H2,1H3. The van der Waals surface area contributed by atoms with Gasteiger partial charge in [-0.3, -0.25) is 4.79 Å². The molecule has 0 saturated carbocycles. The van der Waals surface area contributed by atoms with Crippen molar-refractivity contribution in [2.24, 2.45) is 0 Å². The van der Waals surface area contributed by atoms with E-state index in [4.69, 9.17) is 21.1 Å². The number of H-pyrrole nitrogens is 1. The number of nitrogens with one attached hydrogen (secondary N) is 1. The molecule has 170 valence electrons. The Labute approximate surface area is 188 Å². The normalized spacial score (nSPS) is 15.7. The molecule has 1 fully saturated rings. The number of morpholine rings is 1. The third-order valence-corrected chi connectivity index (χ3v) is 6.07. The predicted octanol–water partition coefficient (Wildman–Crippen LogP) is 5.23. The Morgan fingerprint density at radius 3 is 2.66 bits per heavy atom. The minimum Gasteiger partial charge on any atom is -0.497 e. The molecule has 2 aromatic carbocycles. The molecule has 3 aromatic rings. The van der Waals surface area contributed by atoms with Crippen molar-refractivity contribution in [1.82, 2.24) is 9.88 Å². The number of carbonyl (C=O) groups excluding carboxylic acids is 1. The largest absolute Gasteiger partial charge is 0.497 e. The number of alkyl halides is 3. The number of aromatic nitrogens is 1. The van der Waals surface area contributed by atoms with Crippen LogP contribution in [-0.2, 0) is 15.7 Å². The second-order valence-electron chi connectivity index (χ2n) is 7.64. The number of hydrogen-bond donors (Lipinski definition) is 1. The molecule has 1 aliphatic heterocycles. The number of rotatable bonds is 5. The van der Waals surface area contributed by atoms with Gasteiger partial charge in [-0.15, -0.1) is 0 Å². The summed E-state index contributed by atoms with van der Waals surface area (Å²) in [6.07, 6.45) is -2.85. The number of ether oxygens (including phenoxy) is 2. The van der Waals surface area contributed by atoms with Gasteiger partial charge in [-0.1, -0.05) is 17.7 Å². The smallest absolute Gasteiger partial charge is 0.417 e. The highest BCUT2D eigenvalue weighted by molar-refractivity contribution is 6.31. The summed E-state index contributed by atoms with van der Waals surface area (Å²) >= 11 is 5.84. The SMILES string of the molecule is COc1ccc2[nH]cc(C(CC(=O)N3CCOCC3)c3ccc(Cl)c(C(F)(F)F)c3)c2c1. The van der Waals surface area contributed by atoms with E-state index in [2.05, 4.69) is 4.98 Å². The van der Waals surface area contributed by atoms with Gasteiger partial charge in [0.25, 0.3) is 0 Å². The minimum atomic E-state index is -4.60. The lowest BCUT2D eigenvalue weighted by Gasteiger charge is -2.29. The first-order valence-corrected chi connectivity index (χ1v) is 10.5. The van der Waals surface area contributed by atoms with Crippen LogP contribution in [0.3, 0.4) is 0 Å². The summed E-state index contributed by atoms with van der Waals surface area (Å²) in [5, 5.41) is 0.410. The van der Waals surface area contributed by atoms with Crippen molar-refractivity contribution in [3.63, 3.8) is 0 Å². The quantitative estimate of drug-likeness (QED) is 0.560. The monoisotopic (exact) mass is 466 g/mol. The summed E-state index contributed by atoms with van der Waals surface area (Å²) in [5.41, 5.74) is 0.968. The molecule has 32 heavy (non-hydrogen) atoms. The van der Waals surface area contributed by atoms with E-state index in [0.717, 1.165) is 22.5 Å². The zero-order valence-corrected chi connectivity index (χ0v) is 18.1. The molecule has 1 unspecified atom stereocenters. The molecule has 1 N–H and O–H groups in total. The second kappa shape index (κ2) is 9.03. The summed E-state index contributed by atoms with van der Waals surface area (Å²) in [7, 11) is 1.54. The number of benzene rings is 2. The molecule has 0 spiro atoms. The van der Waals surface area contributed by atoms with Crippen LogP contribution < -0.4 is 4.74 Å². The molecule has 2 heterocycles. The number of nitrogens with zero attached hydrogens (tertiary/aromatic N) is 1. The minimum absolute atomic E-state index is 0.0170. The lowest BCUT2D eigenvalue weighted by Crippen LogP contribution is -2.41. The molecule has 1 aromatic heterocycles. The molecule has 1 amide bonds. The Bertz CT molecular complexity index is 1120. The van der Waals surface area contributed by atoms with Gasteiger partial charge in [0.05, 0.1) is 30.9 Å². The first-order valence-electron chi connectivity index (χ1n) is 10.1. The molecule has 0 bridgehead atoms. The number of hydrogen-bond acceptors (Lipinski definition) is 3. The van der Waals surface area contributed by atoms with Crippen LogP contribution in [0.4, 0.5) is 13.2 Å². The lowest BCUT2D eigenvalue weighted by molar-refractivity contribution is -0.137. The fourth-order valence-electron chi connectivity index (χ4n) is 4.04. The van der Waals surface area contributed by atoms with Crippen molar-refractivity contribution in [3.05, 3.63) is 64.3 Å². The highest BCUT2D eigenvalue weighted by Crippen LogP contribution is 2.40. The number of methoxy groups -OCH3 is 1. The average molecular weight is 467 g/mol. The maximum absolute atomic E-state index is 13.5. The number of halogens is 4. The van der Waals surface area contributed by atoms with Crippen LogP contribution in [0.1, 0.15) is 29.0 Å². The molecule has 1 saturated heterocycles. The van der Waals surface area contributed by atoms with Gasteiger partial charge in [0.1, 0.15) is 5.75 Å². The molecule has 9 heteroatoms. The van der Waals surface area contributed by atoms with Crippen LogP contribution in [-0.4, -0.2) is 49.2 Å². The Balaban J connectivity index is 1.80. The van der Waals surface area contributed by atoms with Crippen molar-refractivity contribution in [2.75, 3.05) is 33.4 Å². The summed E-state index contributed by atoms with van der Waals surface area (Å²) in [5.74, 6) is -0.132. The Hall–Kier alpha value is -2.71. The van der Waals surface area contributed by atoms with Gasteiger partial charge in [0.15, 0.2) is 0 Å². The molecule has 0 aliphatic carbocycles. The topological polar surface area (TPSA) is 54.6 Å². The van der Waals surface area contributed by atoms with Gasteiger partial charge in [0, 0.05) is 42.5 Å². The van der Waals surface area contributed by atoms with Gasteiger partial charge in [-0.05, 0) is 41.5 Å². The first-order chi connectivity index (χ1) is 15.3. The van der Waals surface area contributed by atoms with E-state index in [1.54, 1.807) is 30.3 Å². The van der Waals surface area contributed by atoms with E-state index < -0.39 is 17.7 Å². The average Bonchev–Trinajstić information content (AvgIpc) is 3.20. The Morgan fingerprint density at radius 1 is 1.22 bits per heavy atom. The molecule has 1 aliphatic rings. The fourth-order valence-corrected chi connectivity index (χ4v) is 4.26. The molecule has 0 radical (unpaired) electrons. The van der Waals surface area contributed by atoms with Gasteiger partial charge >= 0.3 is 6.18 Å². The van der Waals surface area contributed by atoms with Gasteiger partial charge in [0.2, 0.25) is 5.91 Å². The van der Waals surface area contributed by atoms with Gasteiger partial charge in [-0.25, -0.2) is 0 Å². The number of amides is 1. The summed E-state index contributed by atoms with van der Waals surface area (Å²) in [4.78, 5) is 17.9. The number of fused-ring (bicyclic) bond motifs is 1. The molecule has 4 rings (SSSR count). The van der Waals surface area contributed by atoms with E-state index in [9.17, 15) is 18.0 Å². The van der Waals surface area contributed by atoms with Crippen molar-refractivity contribution in [2.45, 2.75) is 18.5 Å². The first kappa shape index (κ1) is 22.5. The number of carbonyl (C=O) groups is 1. The zero-order chi connectivity index (χ0) is 22.9. The second-order valence-corrected chi connectivity index (χ2v) is 8.05. The van der Waals surface area contributed by atoms with Crippen LogP contribution in [0.15, 0.2) is 42.6 Å². The van der Waals surface area contributed by atoms with Gasteiger partial charge in [-0.2, -0.15) is 13.2 Å².